The minimum atomic E-state index is -5.02. The molecule has 1 aromatic heterocycles. The third kappa shape index (κ3) is 3.87. The molecular weight excluding hydrogens is 345 g/mol. The van der Waals surface area contributed by atoms with Gasteiger partial charge in [-0.2, -0.15) is 18.3 Å². The lowest BCUT2D eigenvalue weighted by molar-refractivity contribution is -0.389. The number of nitrogens with zero attached hydrogens (tertiary/aromatic N) is 4. The van der Waals surface area contributed by atoms with Gasteiger partial charge in [-0.05, 0) is 12.1 Å². The molecule has 0 fully saturated rings. The highest BCUT2D eigenvalue weighted by Crippen LogP contribution is 2.40. The van der Waals surface area contributed by atoms with Crippen molar-refractivity contribution >= 4 is 17.3 Å². The zero-order valence-electron chi connectivity index (χ0n) is 13.1. The van der Waals surface area contributed by atoms with Crippen LogP contribution in [-0.2, 0) is 18.0 Å². The highest BCUT2D eigenvalue weighted by Gasteiger charge is 2.45. The van der Waals surface area contributed by atoms with E-state index in [4.69, 9.17) is 4.74 Å². The number of hydrogen-bond donors (Lipinski definition) is 0. The highest BCUT2D eigenvalue weighted by atomic mass is 19.4. The fourth-order valence-electron chi connectivity index (χ4n) is 2.04. The lowest BCUT2D eigenvalue weighted by Gasteiger charge is -2.17. The molecule has 0 N–H and O–H groups in total. The Kier molecular flexibility index (Phi) is 4.95. The van der Waals surface area contributed by atoms with Crippen molar-refractivity contribution in [2.24, 2.45) is 7.05 Å². The van der Waals surface area contributed by atoms with E-state index in [0.717, 1.165) is 7.05 Å². The molecule has 0 saturated carbocycles. The third-order valence-electron chi connectivity index (χ3n) is 3.27. The predicted octanol–water partition coefficient (Wildman–Crippen LogP) is 2.39. The number of halogens is 3. The molecule has 2 rings (SSSR count). The van der Waals surface area contributed by atoms with Crippen molar-refractivity contribution in [3.05, 3.63) is 46.1 Å². The zero-order chi connectivity index (χ0) is 18.8. The van der Waals surface area contributed by atoms with Crippen LogP contribution in [0.5, 0.6) is 5.88 Å². The first-order valence-electron chi connectivity index (χ1n) is 6.86. The van der Waals surface area contributed by atoms with Crippen molar-refractivity contribution in [1.29, 1.82) is 0 Å². The lowest BCUT2D eigenvalue weighted by atomic mass is 10.3. The monoisotopic (exact) mass is 358 g/mol. The summed E-state index contributed by atoms with van der Waals surface area (Å²) in [6.45, 7) is -0.691. The molecule has 0 aliphatic heterocycles. The minimum absolute atomic E-state index is 0.534. The van der Waals surface area contributed by atoms with Crippen molar-refractivity contribution in [1.82, 2.24) is 9.78 Å². The predicted molar refractivity (Wildman–Crippen MR) is 80.2 cm³/mol. The molecule has 2 aromatic rings. The fourth-order valence-corrected chi connectivity index (χ4v) is 2.04. The fraction of sp³-hybridized carbons (Fsp3) is 0.286. The Morgan fingerprint density at radius 2 is 1.96 bits per heavy atom. The summed E-state index contributed by atoms with van der Waals surface area (Å²) in [7, 11) is 2.50. The Morgan fingerprint density at radius 1 is 1.36 bits per heavy atom. The molecule has 0 unspecified atom stereocenters. The molecule has 11 heteroatoms. The van der Waals surface area contributed by atoms with Gasteiger partial charge in [-0.25, -0.2) is 4.68 Å². The van der Waals surface area contributed by atoms with Crippen molar-refractivity contribution in [3.8, 4) is 5.88 Å². The SMILES string of the molecule is CN(C(=O)COc1c([N+](=O)[O-])c(C(F)(F)F)nn1C)c1ccccc1. The molecule has 0 bridgehead atoms. The lowest BCUT2D eigenvalue weighted by Crippen LogP contribution is -2.31. The summed E-state index contributed by atoms with van der Waals surface area (Å²) < 4.78 is 44.1. The number of amides is 1. The van der Waals surface area contributed by atoms with Crippen LogP contribution >= 0.6 is 0 Å². The van der Waals surface area contributed by atoms with Crippen LogP contribution in [-0.4, -0.2) is 34.3 Å². The number of benzene rings is 1. The molecule has 1 aromatic carbocycles. The highest BCUT2D eigenvalue weighted by molar-refractivity contribution is 5.93. The van der Waals surface area contributed by atoms with Crippen molar-refractivity contribution in [3.63, 3.8) is 0 Å². The van der Waals surface area contributed by atoms with Gasteiger partial charge in [-0.3, -0.25) is 14.9 Å². The van der Waals surface area contributed by atoms with Crippen LogP contribution in [0.4, 0.5) is 24.5 Å². The summed E-state index contributed by atoms with van der Waals surface area (Å²) in [6.07, 6.45) is -5.02. The van der Waals surface area contributed by atoms with E-state index in [2.05, 4.69) is 5.10 Å². The van der Waals surface area contributed by atoms with Gasteiger partial charge in [0.05, 0.1) is 4.92 Å². The van der Waals surface area contributed by atoms with Crippen molar-refractivity contribution < 1.29 is 27.6 Å². The molecule has 1 amide bonds. The number of carbonyl (C=O) groups is 1. The van der Waals surface area contributed by atoms with Gasteiger partial charge in [0.15, 0.2) is 6.61 Å². The molecule has 134 valence electrons. The Bertz CT molecular complexity index is 789. The summed E-state index contributed by atoms with van der Waals surface area (Å²) >= 11 is 0. The van der Waals surface area contributed by atoms with Crippen LogP contribution < -0.4 is 9.64 Å². The maximum atomic E-state index is 12.8. The van der Waals surface area contributed by atoms with Crippen LogP contribution in [0.15, 0.2) is 30.3 Å². The van der Waals surface area contributed by atoms with E-state index < -0.39 is 40.9 Å². The summed E-state index contributed by atoms with van der Waals surface area (Å²) in [4.78, 5) is 23.0. The number of rotatable bonds is 5. The van der Waals surface area contributed by atoms with Gasteiger partial charge in [0.25, 0.3) is 11.8 Å². The number of aromatic nitrogens is 2. The van der Waals surface area contributed by atoms with Gasteiger partial charge >= 0.3 is 11.9 Å². The third-order valence-corrected chi connectivity index (χ3v) is 3.27. The average molecular weight is 358 g/mol. The number of carbonyl (C=O) groups excluding carboxylic acids is 1. The maximum absolute atomic E-state index is 12.8. The number of aryl methyl sites for hydroxylation is 1. The number of alkyl halides is 3. The number of likely N-dealkylation sites (N-methyl/N-ethyl adjacent to an activating group) is 1. The van der Waals surface area contributed by atoms with Crippen LogP contribution in [0.25, 0.3) is 0 Å². The zero-order valence-corrected chi connectivity index (χ0v) is 13.1. The molecule has 1 heterocycles. The van der Waals surface area contributed by atoms with Gasteiger partial charge in [-0.1, -0.05) is 18.2 Å². The molecule has 0 aliphatic rings. The number of anilines is 1. The van der Waals surface area contributed by atoms with E-state index in [9.17, 15) is 28.1 Å². The van der Waals surface area contributed by atoms with E-state index in [1.807, 2.05) is 0 Å². The Labute approximate surface area is 139 Å². The molecule has 8 nitrogen and oxygen atoms in total. The number of nitro groups is 1. The summed E-state index contributed by atoms with van der Waals surface area (Å²) in [5, 5.41) is 14.1. The Hall–Kier alpha value is -3.11. The van der Waals surface area contributed by atoms with Crippen LogP contribution in [0.2, 0.25) is 0 Å². The van der Waals surface area contributed by atoms with Crippen LogP contribution in [0.3, 0.4) is 0 Å². The molecule has 0 saturated heterocycles. The van der Waals surface area contributed by atoms with E-state index in [1.165, 1.54) is 11.9 Å². The first-order valence-corrected chi connectivity index (χ1v) is 6.86. The molecule has 25 heavy (non-hydrogen) atoms. The smallest absolute Gasteiger partial charge is 0.442 e. The molecule has 0 spiro atoms. The van der Waals surface area contributed by atoms with Gasteiger partial charge in [0.2, 0.25) is 5.69 Å². The molecule has 0 aliphatic carbocycles. The first kappa shape index (κ1) is 18.2. The van der Waals surface area contributed by atoms with Crippen molar-refractivity contribution in [2.45, 2.75) is 6.18 Å². The van der Waals surface area contributed by atoms with Gasteiger partial charge in [0, 0.05) is 19.8 Å². The average Bonchev–Trinajstić information content (AvgIpc) is 2.89. The van der Waals surface area contributed by atoms with Gasteiger partial charge < -0.3 is 9.64 Å². The standard InChI is InChI=1S/C14H13F3N4O4/c1-19(9-6-4-3-5-7-9)10(22)8-25-13-11(21(23)24)12(14(15,16)17)18-20(13)2/h3-7H,8H2,1-2H3. The quantitative estimate of drug-likeness (QED) is 0.605. The largest absolute Gasteiger partial charge is 0.463 e. The topological polar surface area (TPSA) is 90.5 Å². The normalized spacial score (nSPS) is 11.2. The first-order chi connectivity index (χ1) is 11.6. The number of hydrogen-bond acceptors (Lipinski definition) is 5. The maximum Gasteiger partial charge on any atom is 0.442 e. The number of ether oxygens (including phenoxy) is 1. The summed E-state index contributed by atoms with van der Waals surface area (Å²) in [5.74, 6) is -1.35. The van der Waals surface area contributed by atoms with Crippen LogP contribution in [0, 0.1) is 10.1 Å². The number of para-hydroxylation sites is 1. The molecular formula is C14H13F3N4O4. The minimum Gasteiger partial charge on any atom is -0.463 e. The van der Waals surface area contributed by atoms with Crippen LogP contribution in [0.1, 0.15) is 5.69 Å². The summed E-state index contributed by atoms with van der Waals surface area (Å²) in [5.41, 5.74) is -2.48. The molecule has 0 atom stereocenters. The Balaban J connectivity index is 2.22. The second-order valence-corrected chi connectivity index (χ2v) is 4.96. The second-order valence-electron chi connectivity index (χ2n) is 4.96. The Morgan fingerprint density at radius 3 is 2.48 bits per heavy atom. The van der Waals surface area contributed by atoms with E-state index >= 15 is 0 Å². The van der Waals surface area contributed by atoms with Gasteiger partial charge in [-0.15, -0.1) is 0 Å². The second kappa shape index (κ2) is 6.79. The van der Waals surface area contributed by atoms with E-state index in [-0.39, 0.29) is 0 Å². The summed E-state index contributed by atoms with van der Waals surface area (Å²) in [6, 6.07) is 8.43. The molecule has 0 radical (unpaired) electrons. The van der Waals surface area contributed by atoms with E-state index in [1.54, 1.807) is 30.3 Å². The van der Waals surface area contributed by atoms with Crippen molar-refractivity contribution in [2.75, 3.05) is 18.6 Å². The van der Waals surface area contributed by atoms with E-state index in [0.29, 0.717) is 10.4 Å². The van der Waals surface area contributed by atoms with Gasteiger partial charge in [0.1, 0.15) is 0 Å².